The molecular weight excluding hydrogens is 310 g/mol. The number of rotatable bonds is 1. The topological polar surface area (TPSA) is 66.2 Å². The highest BCUT2D eigenvalue weighted by Gasteiger charge is 2.52. The molecule has 0 bridgehead atoms. The lowest BCUT2D eigenvalue weighted by Gasteiger charge is -2.38. The normalized spacial score (nSPS) is 30.6. The van der Waals surface area contributed by atoms with Crippen molar-refractivity contribution in [3.05, 3.63) is 16.6 Å². The zero-order chi connectivity index (χ0) is 16.7. The van der Waals surface area contributed by atoms with Gasteiger partial charge in [-0.15, -0.1) is 11.3 Å². The highest BCUT2D eigenvalue weighted by molar-refractivity contribution is 7.09. The first-order valence-corrected chi connectivity index (χ1v) is 9.03. The molecule has 1 aromatic rings. The predicted octanol–water partition coefficient (Wildman–Crippen LogP) is 3.71. The number of carbonyl (C=O) groups is 1. The summed E-state index contributed by atoms with van der Waals surface area (Å²) in [5.41, 5.74) is -1.04. The maximum atomic E-state index is 12.6. The summed E-state index contributed by atoms with van der Waals surface area (Å²) < 4.78 is 5.57. The van der Waals surface area contributed by atoms with Gasteiger partial charge in [-0.05, 0) is 52.4 Å². The van der Waals surface area contributed by atoms with E-state index >= 15 is 0 Å². The van der Waals surface area contributed by atoms with E-state index in [1.165, 1.54) is 0 Å². The average Bonchev–Trinajstić information content (AvgIpc) is 3.12. The molecule has 124 valence electrons. The second kappa shape index (κ2) is 5.79. The molecule has 1 aromatic heterocycles. The Morgan fingerprint density at radius 2 is 2.30 bits per heavy atom. The number of piperidine rings is 1. The number of ether oxygens (including phenoxy) is 1. The molecule has 2 aliphatic rings. The fourth-order valence-corrected chi connectivity index (χ4v) is 4.67. The first kappa shape index (κ1) is 16.3. The van der Waals surface area contributed by atoms with Crippen LogP contribution in [0.25, 0.3) is 0 Å². The van der Waals surface area contributed by atoms with Gasteiger partial charge >= 0.3 is 6.09 Å². The molecular formula is C17H23N3O2S. The first-order chi connectivity index (χ1) is 10.8. The van der Waals surface area contributed by atoms with E-state index in [0.717, 1.165) is 30.8 Å². The third-order valence-electron chi connectivity index (χ3n) is 4.77. The second-order valence-electron chi connectivity index (χ2n) is 7.58. The van der Waals surface area contributed by atoms with Crippen LogP contribution in [-0.4, -0.2) is 34.2 Å². The number of amides is 1. The van der Waals surface area contributed by atoms with Crippen molar-refractivity contribution < 1.29 is 9.53 Å². The van der Waals surface area contributed by atoms with Gasteiger partial charge in [0.05, 0.1) is 6.07 Å². The van der Waals surface area contributed by atoms with E-state index in [2.05, 4.69) is 11.1 Å². The first-order valence-electron chi connectivity index (χ1n) is 8.15. The van der Waals surface area contributed by atoms with Gasteiger partial charge in [0.25, 0.3) is 0 Å². The van der Waals surface area contributed by atoms with Crippen molar-refractivity contribution >= 4 is 17.4 Å². The van der Waals surface area contributed by atoms with Gasteiger partial charge < -0.3 is 9.64 Å². The van der Waals surface area contributed by atoms with Gasteiger partial charge in [-0.3, -0.25) is 0 Å². The quantitative estimate of drug-likeness (QED) is 0.785. The molecule has 2 heterocycles. The van der Waals surface area contributed by atoms with Crippen molar-refractivity contribution in [3.8, 4) is 6.07 Å². The summed E-state index contributed by atoms with van der Waals surface area (Å²) in [7, 11) is 0. The molecule has 3 atom stereocenters. The van der Waals surface area contributed by atoms with Crippen LogP contribution >= 0.6 is 11.3 Å². The molecule has 1 amide bonds. The molecule has 0 spiro atoms. The van der Waals surface area contributed by atoms with E-state index in [1.54, 1.807) is 17.5 Å². The number of aromatic nitrogens is 1. The number of likely N-dealkylation sites (tertiary alicyclic amines) is 1. The Balaban J connectivity index is 1.83. The van der Waals surface area contributed by atoms with Gasteiger partial charge in [0, 0.05) is 24.2 Å². The number of hydrogen-bond acceptors (Lipinski definition) is 5. The molecule has 3 rings (SSSR count). The molecule has 1 saturated heterocycles. The molecule has 0 N–H and O–H groups in total. The summed E-state index contributed by atoms with van der Waals surface area (Å²) in [6, 6.07) is 2.60. The average molecular weight is 333 g/mol. The van der Waals surface area contributed by atoms with Crippen molar-refractivity contribution in [1.82, 2.24) is 9.88 Å². The number of nitrogens with zero attached hydrogens (tertiary/aromatic N) is 3. The molecule has 6 heteroatoms. The Morgan fingerprint density at radius 3 is 2.91 bits per heavy atom. The largest absolute Gasteiger partial charge is 0.444 e. The Kier molecular flexibility index (Phi) is 4.09. The van der Waals surface area contributed by atoms with Gasteiger partial charge in [0.2, 0.25) is 0 Å². The summed E-state index contributed by atoms with van der Waals surface area (Å²) in [6.07, 6.45) is 5.01. The Labute approximate surface area is 141 Å². The maximum Gasteiger partial charge on any atom is 0.410 e. The van der Waals surface area contributed by atoms with Crippen molar-refractivity contribution in [2.24, 2.45) is 5.92 Å². The third-order valence-corrected chi connectivity index (χ3v) is 5.75. The van der Waals surface area contributed by atoms with E-state index in [4.69, 9.17) is 4.74 Å². The van der Waals surface area contributed by atoms with Crippen molar-refractivity contribution in [2.75, 3.05) is 6.54 Å². The number of nitriles is 1. The minimum Gasteiger partial charge on any atom is -0.444 e. The molecule has 0 radical (unpaired) electrons. The van der Waals surface area contributed by atoms with Gasteiger partial charge in [-0.25, -0.2) is 9.78 Å². The van der Waals surface area contributed by atoms with Crippen molar-refractivity contribution in [1.29, 1.82) is 5.26 Å². The smallest absolute Gasteiger partial charge is 0.410 e. The fraction of sp³-hybridized carbons (Fsp3) is 0.706. The van der Waals surface area contributed by atoms with Crippen LogP contribution in [-0.2, 0) is 10.2 Å². The third kappa shape index (κ3) is 3.07. The number of hydrogen-bond donors (Lipinski definition) is 0. The molecule has 5 nitrogen and oxygen atoms in total. The molecule has 0 aromatic carbocycles. The lowest BCUT2D eigenvalue weighted by molar-refractivity contribution is 0.00420. The SMILES string of the molecule is CC(C)(C)OC(=O)N1CCCC2CC(C#N)(c3nccs3)CC21. The predicted molar refractivity (Wildman–Crippen MR) is 88.1 cm³/mol. The Hall–Kier alpha value is -1.61. The standard InChI is InChI=1S/C17H23N3O2S/c1-16(2,3)22-15(21)20-7-4-5-12-9-17(11-18,10-13(12)20)14-19-6-8-23-14/h6,8,12-13H,4-5,7,9-10H2,1-3H3. The zero-order valence-electron chi connectivity index (χ0n) is 13.9. The summed E-state index contributed by atoms with van der Waals surface area (Å²) in [5, 5.41) is 12.6. The molecule has 2 fully saturated rings. The lowest BCUT2D eigenvalue weighted by atomic mass is 9.87. The highest BCUT2D eigenvalue weighted by atomic mass is 32.1. The van der Waals surface area contributed by atoms with Crippen LogP contribution in [0.3, 0.4) is 0 Å². The van der Waals surface area contributed by atoms with Crippen LogP contribution in [0.15, 0.2) is 11.6 Å². The number of carbonyl (C=O) groups excluding carboxylic acids is 1. The zero-order valence-corrected chi connectivity index (χ0v) is 14.7. The Morgan fingerprint density at radius 1 is 1.52 bits per heavy atom. The van der Waals surface area contributed by atoms with E-state index in [-0.39, 0.29) is 12.1 Å². The van der Waals surface area contributed by atoms with E-state index < -0.39 is 11.0 Å². The fourth-order valence-electron chi connectivity index (χ4n) is 3.86. The van der Waals surface area contributed by atoms with Gasteiger partial charge in [-0.2, -0.15) is 5.26 Å². The van der Waals surface area contributed by atoms with Gasteiger partial charge in [0.15, 0.2) is 0 Å². The molecule has 1 saturated carbocycles. The monoisotopic (exact) mass is 333 g/mol. The summed E-state index contributed by atoms with van der Waals surface area (Å²) >= 11 is 1.54. The minimum atomic E-state index is -0.548. The van der Waals surface area contributed by atoms with Gasteiger partial charge in [0.1, 0.15) is 16.0 Å². The van der Waals surface area contributed by atoms with Crippen LogP contribution in [0.2, 0.25) is 0 Å². The molecule has 23 heavy (non-hydrogen) atoms. The molecule has 3 unspecified atom stereocenters. The number of fused-ring (bicyclic) bond motifs is 1. The summed E-state index contributed by atoms with van der Waals surface area (Å²) in [6.45, 7) is 6.37. The van der Waals surface area contributed by atoms with Crippen LogP contribution in [0, 0.1) is 17.2 Å². The number of thiazole rings is 1. The van der Waals surface area contributed by atoms with Crippen molar-refractivity contribution in [3.63, 3.8) is 0 Å². The van der Waals surface area contributed by atoms with E-state index in [1.807, 2.05) is 31.1 Å². The van der Waals surface area contributed by atoms with Gasteiger partial charge in [-0.1, -0.05) is 0 Å². The maximum absolute atomic E-state index is 12.6. The Bertz CT molecular complexity index is 617. The van der Waals surface area contributed by atoms with Crippen LogP contribution in [0.4, 0.5) is 4.79 Å². The lowest BCUT2D eigenvalue weighted by Crippen LogP contribution is -2.48. The van der Waals surface area contributed by atoms with Crippen LogP contribution in [0.5, 0.6) is 0 Å². The minimum absolute atomic E-state index is 0.0853. The molecule has 1 aliphatic heterocycles. The van der Waals surface area contributed by atoms with Crippen LogP contribution in [0.1, 0.15) is 51.5 Å². The summed E-state index contributed by atoms with van der Waals surface area (Å²) in [4.78, 5) is 18.8. The summed E-state index contributed by atoms with van der Waals surface area (Å²) in [5.74, 6) is 0.361. The second-order valence-corrected chi connectivity index (χ2v) is 8.48. The molecule has 1 aliphatic carbocycles. The van der Waals surface area contributed by atoms with E-state index in [0.29, 0.717) is 12.3 Å². The van der Waals surface area contributed by atoms with E-state index in [9.17, 15) is 10.1 Å². The van der Waals surface area contributed by atoms with Crippen LogP contribution < -0.4 is 0 Å². The van der Waals surface area contributed by atoms with Crippen molar-refractivity contribution in [2.45, 2.75) is 63.5 Å². The highest BCUT2D eigenvalue weighted by Crippen LogP contribution is 2.49.